The fraction of sp³-hybridized carbons (Fsp3) is 0.500. The molecule has 34 heavy (non-hydrogen) atoms. The van der Waals surface area contributed by atoms with E-state index in [0.29, 0.717) is 53.5 Å². The third kappa shape index (κ3) is 3.85. The maximum absolute atomic E-state index is 12.6. The Hall–Kier alpha value is -2.30. The second kappa shape index (κ2) is 7.35. The van der Waals surface area contributed by atoms with Crippen LogP contribution in [0.15, 0.2) is 24.5 Å². The number of anilines is 3. The van der Waals surface area contributed by atoms with Gasteiger partial charge in [-0.1, -0.05) is 23.2 Å². The van der Waals surface area contributed by atoms with Crippen LogP contribution in [0.3, 0.4) is 0 Å². The largest absolute Gasteiger partial charge is 0.401 e. The lowest BCUT2D eigenvalue weighted by atomic mass is 9.72. The van der Waals surface area contributed by atoms with E-state index in [4.69, 9.17) is 23.2 Å². The van der Waals surface area contributed by atoms with E-state index in [1.165, 1.54) is 4.90 Å². The summed E-state index contributed by atoms with van der Waals surface area (Å²) in [7, 11) is 0. The van der Waals surface area contributed by atoms with Crippen LogP contribution in [0.2, 0.25) is 10.2 Å². The first-order valence-corrected chi connectivity index (χ1v) is 11.8. The Bertz CT molecular complexity index is 1270. The highest BCUT2D eigenvalue weighted by Gasteiger charge is 2.53. The Balaban J connectivity index is 1.18. The molecule has 3 fully saturated rings. The van der Waals surface area contributed by atoms with Crippen LogP contribution < -0.4 is 10.2 Å². The summed E-state index contributed by atoms with van der Waals surface area (Å²) in [4.78, 5) is 12.5. The van der Waals surface area contributed by atoms with Gasteiger partial charge in [-0.15, -0.1) is 0 Å². The molecule has 1 N–H and O–H groups in total. The molecule has 3 aliphatic rings. The van der Waals surface area contributed by atoms with Crippen molar-refractivity contribution < 1.29 is 13.2 Å². The Morgan fingerprint density at radius 1 is 1.09 bits per heavy atom. The summed E-state index contributed by atoms with van der Waals surface area (Å²) in [6.07, 6.45) is 1.30. The molecule has 180 valence electrons. The second-order valence-corrected chi connectivity index (χ2v) is 10.8. The van der Waals surface area contributed by atoms with Gasteiger partial charge in [0.05, 0.1) is 40.2 Å². The molecule has 1 aliphatic carbocycles. The Labute approximate surface area is 203 Å². The van der Waals surface area contributed by atoms with Gasteiger partial charge in [-0.25, -0.2) is 14.6 Å². The predicted molar refractivity (Wildman–Crippen MR) is 125 cm³/mol. The van der Waals surface area contributed by atoms with E-state index in [9.17, 15) is 13.2 Å². The van der Waals surface area contributed by atoms with Crippen molar-refractivity contribution in [1.29, 1.82) is 0 Å². The number of likely N-dealkylation sites (tertiary alicyclic amines) is 1. The number of hydrogen-bond acceptors (Lipinski definition) is 6. The Kier molecular flexibility index (Phi) is 4.80. The number of nitrogens with zero attached hydrogens (tertiary/aromatic N) is 6. The minimum absolute atomic E-state index is 0.0221. The SMILES string of the molecule is CC1(n2ncc(Nc3ncc4cc(Cl)c(N5CC6(CN(CC(F)(F)F)C6)C5)cc4n3)c2Cl)CC1. The zero-order chi connectivity index (χ0) is 23.9. The molecule has 2 saturated heterocycles. The molecule has 0 amide bonds. The van der Waals surface area contributed by atoms with Crippen molar-refractivity contribution >= 4 is 51.4 Å². The standard InChI is InChI=1S/C22H22Cl2F3N7/c1-20(2-3-20)34-18(24)16(7-29-34)31-19-28-6-13-4-14(23)17(5-15(13)30-19)33-10-21(11-33)8-32(9-21)12-22(25,26)27/h4-7H,2-3,8-12H2,1H3,(H,28,30,31). The minimum atomic E-state index is -4.16. The number of nitrogens with one attached hydrogen (secondary N) is 1. The summed E-state index contributed by atoms with van der Waals surface area (Å²) in [5.41, 5.74) is 2.07. The van der Waals surface area contributed by atoms with Gasteiger partial charge < -0.3 is 10.2 Å². The number of benzene rings is 1. The third-order valence-electron chi connectivity index (χ3n) is 7.00. The number of aromatic nitrogens is 4. The third-order valence-corrected chi connectivity index (χ3v) is 7.67. The van der Waals surface area contributed by atoms with Crippen molar-refractivity contribution in [1.82, 2.24) is 24.6 Å². The number of halogens is 5. The molecular formula is C22H22Cl2F3N7. The highest BCUT2D eigenvalue weighted by atomic mass is 35.5. The van der Waals surface area contributed by atoms with Crippen LogP contribution in [0, 0.1) is 5.41 Å². The van der Waals surface area contributed by atoms with Crippen LogP contribution in [0.25, 0.3) is 10.9 Å². The quantitative estimate of drug-likeness (QED) is 0.515. The molecule has 0 unspecified atom stereocenters. The Morgan fingerprint density at radius 3 is 2.50 bits per heavy atom. The van der Waals surface area contributed by atoms with Crippen LogP contribution in [0.1, 0.15) is 19.8 Å². The van der Waals surface area contributed by atoms with Crippen LogP contribution in [-0.2, 0) is 5.54 Å². The number of rotatable bonds is 5. The van der Waals surface area contributed by atoms with E-state index in [0.717, 1.165) is 23.9 Å². The van der Waals surface area contributed by atoms with Gasteiger partial charge in [0.1, 0.15) is 0 Å². The summed E-state index contributed by atoms with van der Waals surface area (Å²) in [6.45, 7) is 3.54. The van der Waals surface area contributed by atoms with Crippen molar-refractivity contribution in [2.75, 3.05) is 42.9 Å². The normalized spacial score (nSPS) is 20.9. The molecule has 0 radical (unpaired) electrons. The second-order valence-electron chi connectivity index (χ2n) is 10.1. The van der Waals surface area contributed by atoms with Gasteiger partial charge in [0.25, 0.3) is 0 Å². The van der Waals surface area contributed by atoms with E-state index in [2.05, 4.69) is 32.2 Å². The summed E-state index contributed by atoms with van der Waals surface area (Å²) in [5, 5.41) is 9.44. The molecule has 0 bridgehead atoms. The first kappa shape index (κ1) is 22.2. The predicted octanol–water partition coefficient (Wildman–Crippen LogP) is 5.07. The van der Waals surface area contributed by atoms with E-state index < -0.39 is 12.7 Å². The van der Waals surface area contributed by atoms with Gasteiger partial charge in [-0.2, -0.15) is 18.3 Å². The molecule has 2 aliphatic heterocycles. The fourth-order valence-corrected chi connectivity index (χ4v) is 5.69. The Morgan fingerprint density at radius 2 is 1.82 bits per heavy atom. The molecule has 7 nitrogen and oxygen atoms in total. The maximum atomic E-state index is 12.6. The van der Waals surface area contributed by atoms with Crippen molar-refractivity contribution in [3.63, 3.8) is 0 Å². The first-order chi connectivity index (χ1) is 16.0. The van der Waals surface area contributed by atoms with Crippen LogP contribution in [-0.4, -0.2) is 63.5 Å². The van der Waals surface area contributed by atoms with E-state index >= 15 is 0 Å². The monoisotopic (exact) mass is 511 g/mol. The van der Waals surface area contributed by atoms with Gasteiger partial charge in [0.15, 0.2) is 5.15 Å². The topological polar surface area (TPSA) is 62.1 Å². The maximum Gasteiger partial charge on any atom is 0.401 e. The molecule has 1 spiro atoms. The van der Waals surface area contributed by atoms with Gasteiger partial charge in [0, 0.05) is 43.2 Å². The van der Waals surface area contributed by atoms with Crippen molar-refractivity contribution in [3.05, 3.63) is 34.7 Å². The molecule has 4 heterocycles. The van der Waals surface area contributed by atoms with Crippen molar-refractivity contribution in [2.24, 2.45) is 5.41 Å². The lowest BCUT2D eigenvalue weighted by Gasteiger charge is -2.61. The average molecular weight is 512 g/mol. The van der Waals surface area contributed by atoms with Crippen LogP contribution in [0.5, 0.6) is 0 Å². The molecule has 6 rings (SSSR count). The molecule has 12 heteroatoms. The van der Waals surface area contributed by atoms with Crippen molar-refractivity contribution in [3.8, 4) is 0 Å². The smallest absolute Gasteiger partial charge is 0.369 e. The van der Waals surface area contributed by atoms with E-state index in [-0.39, 0.29) is 11.0 Å². The molecular weight excluding hydrogens is 490 g/mol. The van der Waals surface area contributed by atoms with Gasteiger partial charge in [-0.05, 0) is 31.9 Å². The number of fused-ring (bicyclic) bond motifs is 1. The highest BCUT2D eigenvalue weighted by Crippen LogP contribution is 2.46. The molecule has 1 saturated carbocycles. The number of alkyl halides is 3. The van der Waals surface area contributed by atoms with Crippen LogP contribution >= 0.6 is 23.2 Å². The summed E-state index contributed by atoms with van der Waals surface area (Å²) in [5.74, 6) is 0.394. The first-order valence-electron chi connectivity index (χ1n) is 11.0. The van der Waals surface area contributed by atoms with Gasteiger partial charge in [0.2, 0.25) is 5.95 Å². The van der Waals surface area contributed by atoms with Gasteiger partial charge in [-0.3, -0.25) is 4.90 Å². The van der Waals surface area contributed by atoms with Gasteiger partial charge >= 0.3 is 6.18 Å². The lowest BCUT2D eigenvalue weighted by molar-refractivity contribution is -0.172. The molecule has 0 atom stereocenters. The summed E-state index contributed by atoms with van der Waals surface area (Å²) < 4.78 is 39.6. The van der Waals surface area contributed by atoms with Crippen molar-refractivity contribution in [2.45, 2.75) is 31.5 Å². The fourth-order valence-electron chi connectivity index (χ4n) is 5.05. The zero-order valence-corrected chi connectivity index (χ0v) is 19.8. The summed E-state index contributed by atoms with van der Waals surface area (Å²) >= 11 is 13.0. The van der Waals surface area contributed by atoms with E-state index in [1.807, 2.05) is 16.8 Å². The van der Waals surface area contributed by atoms with E-state index in [1.54, 1.807) is 12.4 Å². The minimum Gasteiger partial charge on any atom is -0.369 e. The molecule has 1 aromatic carbocycles. The van der Waals surface area contributed by atoms with Crippen LogP contribution in [0.4, 0.5) is 30.5 Å². The molecule has 2 aromatic heterocycles. The average Bonchev–Trinajstić information content (AvgIpc) is 3.34. The highest BCUT2D eigenvalue weighted by molar-refractivity contribution is 6.34. The summed E-state index contributed by atoms with van der Waals surface area (Å²) in [6, 6.07) is 3.72. The lowest BCUT2D eigenvalue weighted by Crippen LogP contribution is -2.73. The molecule has 3 aromatic rings. The number of hydrogen-bond donors (Lipinski definition) is 1. The zero-order valence-electron chi connectivity index (χ0n) is 18.3.